The number of hydrogen-bond acceptors (Lipinski definition) is 4. The number of fused-ring (bicyclic) bond motifs is 1. The number of hydrogen-bond donors (Lipinski definition) is 3. The number of allylic oxidation sites excluding steroid dienone is 1. The fraction of sp³-hybridized carbons (Fsp3) is 0.273. The van der Waals surface area contributed by atoms with Crippen LogP contribution >= 0.6 is 11.6 Å². The second-order valence-corrected chi connectivity index (χ2v) is 8.64. The van der Waals surface area contributed by atoms with Gasteiger partial charge in [-0.2, -0.15) is 0 Å². The number of Topliss-reactive ketones (excluding diaryl/α,β-unsaturated/α-hetero) is 1. The summed E-state index contributed by atoms with van der Waals surface area (Å²) in [5.74, 6) is -1.65. The molecule has 0 spiro atoms. The van der Waals surface area contributed by atoms with E-state index in [1.165, 1.54) is 24.3 Å². The molecule has 7 heteroatoms. The van der Waals surface area contributed by atoms with E-state index < -0.39 is 17.8 Å². The van der Waals surface area contributed by atoms with Gasteiger partial charge in [-0.05, 0) is 42.2 Å². The highest BCUT2D eigenvalue weighted by atomic mass is 35.5. The molecule has 29 heavy (non-hydrogen) atoms. The van der Waals surface area contributed by atoms with Crippen LogP contribution in [-0.4, -0.2) is 16.9 Å². The zero-order valence-electron chi connectivity index (χ0n) is 16.0. The third kappa shape index (κ3) is 3.49. The van der Waals surface area contributed by atoms with Gasteiger partial charge < -0.3 is 15.7 Å². The monoisotopic (exact) mass is 414 g/mol. The summed E-state index contributed by atoms with van der Waals surface area (Å²) in [4.78, 5) is 24.5. The van der Waals surface area contributed by atoms with Crippen LogP contribution in [0.3, 0.4) is 0 Å². The smallest absolute Gasteiger partial charge is 0.335 e. The van der Waals surface area contributed by atoms with E-state index in [0.717, 1.165) is 0 Å². The molecule has 5 nitrogen and oxygen atoms in total. The van der Waals surface area contributed by atoms with Crippen LogP contribution in [-0.2, 0) is 4.79 Å². The molecule has 0 bridgehead atoms. The van der Waals surface area contributed by atoms with Crippen LogP contribution in [0.1, 0.15) is 48.7 Å². The molecule has 0 radical (unpaired) electrons. The quantitative estimate of drug-likeness (QED) is 0.613. The van der Waals surface area contributed by atoms with E-state index >= 15 is 0 Å². The van der Waals surface area contributed by atoms with Crippen molar-refractivity contribution in [2.75, 3.05) is 10.6 Å². The predicted octanol–water partition coefficient (Wildman–Crippen LogP) is 5.40. The average molecular weight is 415 g/mol. The molecule has 4 rings (SSSR count). The summed E-state index contributed by atoms with van der Waals surface area (Å²) in [6.07, 6.45) is 0.892. The first-order valence-corrected chi connectivity index (χ1v) is 9.65. The number of nitrogens with one attached hydrogen (secondary N) is 2. The summed E-state index contributed by atoms with van der Waals surface area (Å²) >= 11 is 6.33. The maximum atomic E-state index is 14.8. The van der Waals surface area contributed by atoms with Crippen LogP contribution in [0.15, 0.2) is 47.7 Å². The van der Waals surface area contributed by atoms with Gasteiger partial charge in [-0.15, -0.1) is 0 Å². The summed E-state index contributed by atoms with van der Waals surface area (Å²) in [5, 5.41) is 16.0. The molecule has 3 N–H and O–H groups in total. The van der Waals surface area contributed by atoms with E-state index in [0.29, 0.717) is 35.5 Å². The Balaban J connectivity index is 1.94. The number of ketones is 1. The number of anilines is 2. The highest BCUT2D eigenvalue weighted by Gasteiger charge is 2.40. The molecule has 2 aliphatic rings. The van der Waals surface area contributed by atoms with Gasteiger partial charge in [0.15, 0.2) is 5.78 Å². The molecule has 150 valence electrons. The van der Waals surface area contributed by atoms with Gasteiger partial charge in [-0.3, -0.25) is 4.79 Å². The van der Waals surface area contributed by atoms with Crippen molar-refractivity contribution in [3.05, 3.63) is 69.6 Å². The number of carboxylic acid groups (broad SMARTS) is 1. The standard InChI is InChI=1S/C22H20ClFN2O3/c1-22(2)9-16-19(17(27)10-22)20(18-12(23)4-3-5-13(18)24)26-14-7-6-11(21(28)29)8-15(14)25-16/h3-8,20,25-26H,9-10H2,1-2H3,(H,28,29). The molecule has 1 atom stereocenters. The number of carbonyl (C=O) groups excluding carboxylic acids is 1. The van der Waals surface area contributed by atoms with E-state index in [-0.39, 0.29) is 27.3 Å². The fourth-order valence-electron chi connectivity index (χ4n) is 4.08. The van der Waals surface area contributed by atoms with Crippen LogP contribution < -0.4 is 10.6 Å². The van der Waals surface area contributed by atoms with Crippen LogP contribution in [0, 0.1) is 11.2 Å². The number of aromatic carboxylic acids is 1. The van der Waals surface area contributed by atoms with Crippen molar-refractivity contribution in [3.63, 3.8) is 0 Å². The summed E-state index contributed by atoms with van der Waals surface area (Å²) < 4.78 is 14.8. The molecule has 2 aromatic rings. The summed E-state index contributed by atoms with van der Waals surface area (Å²) in [7, 11) is 0. The molecule has 1 heterocycles. The van der Waals surface area contributed by atoms with E-state index in [1.54, 1.807) is 12.1 Å². The van der Waals surface area contributed by atoms with Crippen molar-refractivity contribution < 1.29 is 19.1 Å². The maximum Gasteiger partial charge on any atom is 0.335 e. The van der Waals surface area contributed by atoms with Gasteiger partial charge in [-0.1, -0.05) is 31.5 Å². The van der Waals surface area contributed by atoms with Gasteiger partial charge in [0.1, 0.15) is 5.82 Å². The zero-order chi connectivity index (χ0) is 20.9. The summed E-state index contributed by atoms with van der Waals surface area (Å²) in [6.45, 7) is 3.99. The normalized spacial score (nSPS) is 20.1. The number of halogens is 2. The highest BCUT2D eigenvalue weighted by Crippen LogP contribution is 2.47. The number of rotatable bonds is 2. The molecular weight excluding hydrogens is 395 g/mol. The van der Waals surface area contributed by atoms with E-state index in [1.807, 2.05) is 13.8 Å². The van der Waals surface area contributed by atoms with Crippen molar-refractivity contribution in [2.45, 2.75) is 32.7 Å². The molecular formula is C22H20ClFN2O3. The third-order valence-corrected chi connectivity index (χ3v) is 5.68. The second-order valence-electron chi connectivity index (χ2n) is 8.24. The lowest BCUT2D eigenvalue weighted by molar-refractivity contribution is -0.118. The van der Waals surface area contributed by atoms with Crippen molar-refractivity contribution in [1.82, 2.24) is 0 Å². The largest absolute Gasteiger partial charge is 0.478 e. The van der Waals surface area contributed by atoms with Crippen LogP contribution in [0.5, 0.6) is 0 Å². The third-order valence-electron chi connectivity index (χ3n) is 5.35. The van der Waals surface area contributed by atoms with Gasteiger partial charge >= 0.3 is 5.97 Å². The fourth-order valence-corrected chi connectivity index (χ4v) is 4.35. The molecule has 0 aromatic heterocycles. The van der Waals surface area contributed by atoms with Crippen molar-refractivity contribution in [1.29, 1.82) is 0 Å². The molecule has 1 unspecified atom stereocenters. The molecule has 0 fully saturated rings. The van der Waals surface area contributed by atoms with E-state index in [2.05, 4.69) is 10.6 Å². The Bertz CT molecular complexity index is 1060. The molecule has 0 amide bonds. The van der Waals surface area contributed by atoms with Crippen molar-refractivity contribution >= 4 is 34.7 Å². The van der Waals surface area contributed by atoms with Gasteiger partial charge in [0.25, 0.3) is 0 Å². The van der Waals surface area contributed by atoms with Gasteiger partial charge in [0, 0.05) is 28.3 Å². The molecule has 1 aliphatic heterocycles. The molecule has 2 aromatic carbocycles. The van der Waals surface area contributed by atoms with Crippen LogP contribution in [0.2, 0.25) is 5.02 Å². The lowest BCUT2D eigenvalue weighted by Crippen LogP contribution is -2.31. The van der Waals surface area contributed by atoms with Gasteiger partial charge in [0.2, 0.25) is 0 Å². The zero-order valence-corrected chi connectivity index (χ0v) is 16.7. The van der Waals surface area contributed by atoms with Crippen LogP contribution in [0.4, 0.5) is 15.8 Å². The Labute approximate surface area is 172 Å². The Morgan fingerprint density at radius 1 is 1.21 bits per heavy atom. The van der Waals surface area contributed by atoms with Crippen molar-refractivity contribution in [2.24, 2.45) is 5.41 Å². The number of carbonyl (C=O) groups is 2. The lowest BCUT2D eigenvalue weighted by Gasteiger charge is -2.34. The lowest BCUT2D eigenvalue weighted by atomic mass is 9.73. The summed E-state index contributed by atoms with van der Waals surface area (Å²) in [5.41, 5.74) is 2.23. The van der Waals surface area contributed by atoms with E-state index in [9.17, 15) is 19.1 Å². The topological polar surface area (TPSA) is 78.4 Å². The van der Waals surface area contributed by atoms with Crippen LogP contribution in [0.25, 0.3) is 0 Å². The SMILES string of the molecule is CC1(C)CC(=O)C2=C(C1)Nc1cc(C(=O)O)ccc1NC2c1c(F)cccc1Cl. The highest BCUT2D eigenvalue weighted by molar-refractivity contribution is 6.31. The van der Waals surface area contributed by atoms with Crippen molar-refractivity contribution in [3.8, 4) is 0 Å². The Morgan fingerprint density at radius 3 is 2.66 bits per heavy atom. The Morgan fingerprint density at radius 2 is 1.97 bits per heavy atom. The summed E-state index contributed by atoms with van der Waals surface area (Å²) in [6, 6.07) is 8.22. The first-order valence-electron chi connectivity index (χ1n) is 9.27. The van der Waals surface area contributed by atoms with E-state index in [4.69, 9.17) is 11.6 Å². The second kappa shape index (κ2) is 6.88. The average Bonchev–Trinajstić information content (AvgIpc) is 2.76. The Kier molecular flexibility index (Phi) is 4.62. The number of benzene rings is 2. The van der Waals surface area contributed by atoms with Gasteiger partial charge in [-0.25, -0.2) is 9.18 Å². The maximum absolute atomic E-state index is 14.8. The number of carboxylic acids is 1. The molecule has 0 saturated heterocycles. The Hall–Kier alpha value is -2.86. The minimum Gasteiger partial charge on any atom is -0.478 e. The minimum atomic E-state index is -1.05. The minimum absolute atomic E-state index is 0.0909. The first-order chi connectivity index (χ1) is 13.7. The molecule has 1 aliphatic carbocycles. The molecule has 0 saturated carbocycles. The first kappa shape index (κ1) is 19.5. The predicted molar refractivity (Wildman–Crippen MR) is 110 cm³/mol. The van der Waals surface area contributed by atoms with Gasteiger partial charge in [0.05, 0.1) is 23.0 Å².